The molecule has 0 bridgehead atoms. The van der Waals surface area contributed by atoms with E-state index in [1.165, 1.54) is 5.69 Å². The molecular weight excluding hydrogens is 302 g/mol. The molecule has 1 heterocycles. The van der Waals surface area contributed by atoms with Crippen molar-refractivity contribution in [1.29, 1.82) is 0 Å². The minimum atomic E-state index is -0.341. The number of amides is 2. The van der Waals surface area contributed by atoms with Gasteiger partial charge in [0, 0.05) is 38.8 Å². The second-order valence-corrected chi connectivity index (χ2v) is 6.78. The van der Waals surface area contributed by atoms with E-state index in [1.54, 1.807) is 4.90 Å². The Labute approximate surface area is 145 Å². The maximum absolute atomic E-state index is 12.5. The minimum Gasteiger partial charge on any atom is -0.375 e. The Morgan fingerprint density at radius 3 is 2.58 bits per heavy atom. The van der Waals surface area contributed by atoms with E-state index in [-0.39, 0.29) is 23.8 Å². The first-order valence-electron chi connectivity index (χ1n) is 8.84. The predicted molar refractivity (Wildman–Crippen MR) is 96.9 cm³/mol. The molecule has 0 aliphatic carbocycles. The number of carbonyl (C=O) groups excluding carboxylic acids is 2. The highest BCUT2D eigenvalue weighted by atomic mass is 16.2. The Morgan fingerprint density at radius 2 is 2.00 bits per heavy atom. The molecule has 2 amide bonds. The number of nitrogens with one attached hydrogen (secondary N) is 1. The van der Waals surface area contributed by atoms with E-state index in [1.807, 2.05) is 32.0 Å². The molecule has 1 saturated heterocycles. The first-order chi connectivity index (χ1) is 11.5. The van der Waals surface area contributed by atoms with Gasteiger partial charge in [-0.2, -0.15) is 0 Å². The molecule has 0 saturated carbocycles. The Balaban J connectivity index is 1.78. The maximum atomic E-state index is 12.5. The van der Waals surface area contributed by atoms with Crippen LogP contribution >= 0.6 is 0 Å². The number of hydrogen-bond acceptors (Lipinski definition) is 3. The number of rotatable bonds is 8. The summed E-state index contributed by atoms with van der Waals surface area (Å²) < 4.78 is 0. The van der Waals surface area contributed by atoms with E-state index in [9.17, 15) is 9.59 Å². The third kappa shape index (κ3) is 4.73. The monoisotopic (exact) mass is 331 g/mol. The zero-order valence-electron chi connectivity index (χ0n) is 15.0. The maximum Gasteiger partial charge on any atom is 0.243 e. The average Bonchev–Trinajstić information content (AvgIpc) is 2.98. The summed E-state index contributed by atoms with van der Waals surface area (Å²) in [6.45, 7) is 6.20. The Hall–Kier alpha value is -2.04. The molecular formula is C19H29N3O2. The molecule has 0 unspecified atom stereocenters. The van der Waals surface area contributed by atoms with E-state index in [0.717, 1.165) is 19.4 Å². The third-order valence-corrected chi connectivity index (χ3v) is 4.51. The molecule has 24 heavy (non-hydrogen) atoms. The first kappa shape index (κ1) is 18.3. The van der Waals surface area contributed by atoms with Gasteiger partial charge in [0.05, 0.1) is 0 Å². The number of hydrogen-bond donors (Lipinski definition) is 1. The topological polar surface area (TPSA) is 52.7 Å². The van der Waals surface area contributed by atoms with E-state index >= 15 is 0 Å². The number of nitrogens with zero attached hydrogens (tertiary/aromatic N) is 2. The zero-order valence-corrected chi connectivity index (χ0v) is 15.0. The first-order valence-corrected chi connectivity index (χ1v) is 8.84. The van der Waals surface area contributed by atoms with Crippen LogP contribution in [0.1, 0.15) is 33.1 Å². The highest BCUT2D eigenvalue weighted by Crippen LogP contribution is 2.19. The van der Waals surface area contributed by atoms with Gasteiger partial charge in [-0.15, -0.1) is 0 Å². The third-order valence-electron chi connectivity index (χ3n) is 4.51. The molecule has 1 N–H and O–H groups in total. The zero-order chi connectivity index (χ0) is 17.5. The van der Waals surface area contributed by atoms with Gasteiger partial charge in [0.1, 0.15) is 6.04 Å². The highest BCUT2D eigenvalue weighted by molar-refractivity contribution is 5.88. The van der Waals surface area contributed by atoms with Crippen LogP contribution in [-0.4, -0.2) is 49.4 Å². The van der Waals surface area contributed by atoms with Crippen molar-refractivity contribution in [3.8, 4) is 0 Å². The summed E-state index contributed by atoms with van der Waals surface area (Å²) in [5, 5.41) is 3.01. The molecule has 1 aliphatic rings. The van der Waals surface area contributed by atoms with Gasteiger partial charge in [0.15, 0.2) is 0 Å². The van der Waals surface area contributed by atoms with Crippen LogP contribution in [-0.2, 0) is 9.59 Å². The Morgan fingerprint density at radius 1 is 1.29 bits per heavy atom. The van der Waals surface area contributed by atoms with Crippen molar-refractivity contribution in [2.45, 2.75) is 39.2 Å². The molecule has 0 aromatic heterocycles. The molecule has 1 aliphatic heterocycles. The fourth-order valence-corrected chi connectivity index (χ4v) is 3.21. The van der Waals surface area contributed by atoms with Crippen LogP contribution in [0.2, 0.25) is 0 Å². The molecule has 5 heteroatoms. The second-order valence-electron chi connectivity index (χ2n) is 6.78. The number of benzene rings is 1. The summed E-state index contributed by atoms with van der Waals surface area (Å²) in [5.74, 6) is 0.203. The number of likely N-dealkylation sites (tertiary alicyclic amines) is 1. The molecule has 1 aromatic rings. The lowest BCUT2D eigenvalue weighted by atomic mass is 10.0. The fraction of sp³-hybridized carbons (Fsp3) is 0.579. The van der Waals surface area contributed by atoms with Crippen LogP contribution in [0.15, 0.2) is 30.3 Å². The molecule has 132 valence electrons. The largest absolute Gasteiger partial charge is 0.375 e. The smallest absolute Gasteiger partial charge is 0.243 e. The second kappa shape index (κ2) is 8.71. The number of para-hydroxylation sites is 1. The minimum absolute atomic E-state index is 0.0254. The van der Waals surface area contributed by atoms with E-state index < -0.39 is 0 Å². The highest BCUT2D eigenvalue weighted by Gasteiger charge is 2.34. The SMILES string of the molecule is CC(C)[C@H](C(=O)NCCCN(C)c1ccccc1)N1CCCC1=O. The lowest BCUT2D eigenvalue weighted by molar-refractivity contribution is -0.139. The molecule has 1 fully saturated rings. The lowest BCUT2D eigenvalue weighted by Crippen LogP contribution is -2.50. The van der Waals surface area contributed by atoms with Crippen LogP contribution in [0.25, 0.3) is 0 Å². The Bertz CT molecular complexity index is 545. The van der Waals surface area contributed by atoms with Crippen LogP contribution in [0, 0.1) is 5.92 Å². The number of carbonyl (C=O) groups is 2. The fourth-order valence-electron chi connectivity index (χ4n) is 3.21. The Kier molecular flexibility index (Phi) is 6.64. The lowest BCUT2D eigenvalue weighted by Gasteiger charge is -2.30. The van der Waals surface area contributed by atoms with Gasteiger partial charge in [-0.3, -0.25) is 9.59 Å². The van der Waals surface area contributed by atoms with Gasteiger partial charge in [-0.25, -0.2) is 0 Å². The van der Waals surface area contributed by atoms with Crippen molar-refractivity contribution in [1.82, 2.24) is 10.2 Å². The molecule has 1 aromatic carbocycles. The summed E-state index contributed by atoms with van der Waals surface area (Å²) in [6, 6.07) is 9.86. The molecule has 0 spiro atoms. The van der Waals surface area contributed by atoms with Gasteiger partial charge in [0.25, 0.3) is 0 Å². The van der Waals surface area contributed by atoms with E-state index in [2.05, 4.69) is 29.4 Å². The van der Waals surface area contributed by atoms with Crippen molar-refractivity contribution >= 4 is 17.5 Å². The van der Waals surface area contributed by atoms with Crippen LogP contribution in [0.4, 0.5) is 5.69 Å². The van der Waals surface area contributed by atoms with E-state index in [4.69, 9.17) is 0 Å². The number of anilines is 1. The van der Waals surface area contributed by atoms with Crippen molar-refractivity contribution in [2.75, 3.05) is 31.6 Å². The average molecular weight is 331 g/mol. The molecule has 2 rings (SSSR count). The van der Waals surface area contributed by atoms with Gasteiger partial charge in [0.2, 0.25) is 11.8 Å². The quantitative estimate of drug-likeness (QED) is 0.744. The van der Waals surface area contributed by atoms with Crippen molar-refractivity contribution in [3.63, 3.8) is 0 Å². The summed E-state index contributed by atoms with van der Waals surface area (Å²) >= 11 is 0. The van der Waals surface area contributed by atoms with Gasteiger partial charge in [-0.05, 0) is 30.9 Å². The van der Waals surface area contributed by atoms with Crippen LogP contribution in [0.3, 0.4) is 0 Å². The molecule has 5 nitrogen and oxygen atoms in total. The molecule has 1 atom stereocenters. The van der Waals surface area contributed by atoms with E-state index in [0.29, 0.717) is 19.5 Å². The van der Waals surface area contributed by atoms with Crippen molar-refractivity contribution in [3.05, 3.63) is 30.3 Å². The normalized spacial score (nSPS) is 15.7. The summed E-state index contributed by atoms with van der Waals surface area (Å²) in [6.07, 6.45) is 2.30. The predicted octanol–water partition coefficient (Wildman–Crippen LogP) is 2.28. The summed E-state index contributed by atoms with van der Waals surface area (Å²) in [7, 11) is 2.05. The van der Waals surface area contributed by atoms with Gasteiger partial charge in [-0.1, -0.05) is 32.0 Å². The van der Waals surface area contributed by atoms with Crippen LogP contribution in [0.5, 0.6) is 0 Å². The van der Waals surface area contributed by atoms with Gasteiger partial charge < -0.3 is 15.1 Å². The van der Waals surface area contributed by atoms with Crippen molar-refractivity contribution < 1.29 is 9.59 Å². The standard InChI is InChI=1S/C19H29N3O2/c1-15(2)18(22-14-7-11-17(22)23)19(24)20-12-8-13-21(3)16-9-5-4-6-10-16/h4-6,9-10,15,18H,7-8,11-14H2,1-3H3,(H,20,24)/t18-/m1/s1. The summed E-state index contributed by atoms with van der Waals surface area (Å²) in [4.78, 5) is 28.4. The van der Waals surface area contributed by atoms with Crippen molar-refractivity contribution in [2.24, 2.45) is 5.92 Å². The van der Waals surface area contributed by atoms with Gasteiger partial charge >= 0.3 is 0 Å². The molecule has 0 radical (unpaired) electrons. The summed E-state index contributed by atoms with van der Waals surface area (Å²) in [5.41, 5.74) is 1.17. The van der Waals surface area contributed by atoms with Crippen LogP contribution < -0.4 is 10.2 Å².